The molecule has 2 fully saturated rings. The first-order chi connectivity index (χ1) is 11.1. The topological polar surface area (TPSA) is 75.4 Å². The first-order valence-electron chi connectivity index (χ1n) is 8.51. The average Bonchev–Trinajstić information content (AvgIpc) is 3.35. The van der Waals surface area contributed by atoms with Crippen LogP contribution in [0.15, 0.2) is 24.3 Å². The summed E-state index contributed by atoms with van der Waals surface area (Å²) in [6.07, 6.45) is 3.58. The van der Waals surface area contributed by atoms with Gasteiger partial charge in [-0.3, -0.25) is 9.59 Å². The van der Waals surface area contributed by atoms with Crippen molar-refractivity contribution < 1.29 is 9.59 Å². The Balaban J connectivity index is 0.00000208. The van der Waals surface area contributed by atoms with Crippen LogP contribution in [0, 0.1) is 11.8 Å². The molecule has 2 unspecified atom stereocenters. The van der Waals surface area contributed by atoms with Crippen LogP contribution in [-0.2, 0) is 16.0 Å². The van der Waals surface area contributed by atoms with Gasteiger partial charge in [0, 0.05) is 31.2 Å². The summed E-state index contributed by atoms with van der Waals surface area (Å²) in [4.78, 5) is 26.2. The van der Waals surface area contributed by atoms with E-state index in [4.69, 9.17) is 5.73 Å². The lowest BCUT2D eigenvalue weighted by molar-refractivity contribution is -0.126. The molecule has 2 amide bonds. The molecule has 1 aromatic rings. The summed E-state index contributed by atoms with van der Waals surface area (Å²) in [5.41, 5.74) is 8.12. The predicted molar refractivity (Wildman–Crippen MR) is 97.2 cm³/mol. The highest BCUT2D eigenvalue weighted by molar-refractivity contribution is 6.00. The maximum atomic E-state index is 12.3. The van der Waals surface area contributed by atoms with E-state index in [-0.39, 0.29) is 42.6 Å². The van der Waals surface area contributed by atoms with Gasteiger partial charge in [-0.1, -0.05) is 19.1 Å². The van der Waals surface area contributed by atoms with E-state index in [0.717, 1.165) is 12.1 Å². The molecule has 1 saturated heterocycles. The highest BCUT2D eigenvalue weighted by Gasteiger charge is 2.36. The number of nitrogens with two attached hydrogens (primary N) is 1. The zero-order chi connectivity index (χ0) is 16.4. The summed E-state index contributed by atoms with van der Waals surface area (Å²) in [5, 5.41) is 2.91. The molecule has 6 heteroatoms. The molecule has 0 spiro atoms. The van der Waals surface area contributed by atoms with Crippen molar-refractivity contribution in [2.75, 3.05) is 18.0 Å². The molecule has 0 radical (unpaired) electrons. The predicted octanol–water partition coefficient (Wildman–Crippen LogP) is 1.88. The molecule has 3 rings (SSSR count). The Morgan fingerprint density at radius 2 is 2.00 bits per heavy atom. The molecule has 0 aromatic heterocycles. The minimum atomic E-state index is -0.278. The van der Waals surface area contributed by atoms with Gasteiger partial charge in [0.15, 0.2) is 0 Å². The number of carbonyl (C=O) groups excluding carboxylic acids is 2. The Hall–Kier alpha value is -1.59. The number of rotatable bonds is 6. The Labute approximate surface area is 149 Å². The van der Waals surface area contributed by atoms with Gasteiger partial charge in [0.1, 0.15) is 0 Å². The van der Waals surface area contributed by atoms with E-state index in [1.807, 2.05) is 24.3 Å². The molecule has 1 saturated carbocycles. The number of nitrogens with zero attached hydrogens (tertiary/aromatic N) is 1. The van der Waals surface area contributed by atoms with Crippen LogP contribution < -0.4 is 16.0 Å². The van der Waals surface area contributed by atoms with Gasteiger partial charge in [-0.25, -0.2) is 0 Å². The van der Waals surface area contributed by atoms with Gasteiger partial charge in [0.2, 0.25) is 11.8 Å². The van der Waals surface area contributed by atoms with Crippen LogP contribution >= 0.6 is 12.4 Å². The van der Waals surface area contributed by atoms with Crippen molar-refractivity contribution in [3.63, 3.8) is 0 Å². The van der Waals surface area contributed by atoms with E-state index in [1.165, 1.54) is 18.4 Å². The van der Waals surface area contributed by atoms with Gasteiger partial charge in [-0.2, -0.15) is 0 Å². The summed E-state index contributed by atoms with van der Waals surface area (Å²) < 4.78 is 0. The number of aryl methyl sites for hydroxylation is 1. The van der Waals surface area contributed by atoms with Gasteiger partial charge in [0.05, 0.1) is 5.92 Å². The third-order valence-electron chi connectivity index (χ3n) is 4.89. The molecule has 1 aliphatic carbocycles. The van der Waals surface area contributed by atoms with Crippen LogP contribution in [0.25, 0.3) is 0 Å². The second-order valence-electron chi connectivity index (χ2n) is 6.67. The second kappa shape index (κ2) is 7.99. The first-order valence-corrected chi connectivity index (χ1v) is 8.51. The lowest BCUT2D eigenvalue weighted by Gasteiger charge is -2.18. The standard InChI is InChI=1S/C18H25N3O2.ClH/c1-2-12-3-7-15(8-4-12)21-11-14(9-17(21)22)18(23)20-10-16(19)13-5-6-13;/h3-4,7-8,13-14,16H,2,5-6,9-11,19H2,1H3,(H,20,23);1H. The zero-order valence-electron chi connectivity index (χ0n) is 14.0. The molecule has 2 atom stereocenters. The van der Waals surface area contributed by atoms with Gasteiger partial charge in [0.25, 0.3) is 0 Å². The van der Waals surface area contributed by atoms with Gasteiger partial charge >= 0.3 is 0 Å². The molecule has 0 bridgehead atoms. The number of hydrogen-bond donors (Lipinski definition) is 2. The number of halogens is 1. The monoisotopic (exact) mass is 351 g/mol. The Morgan fingerprint density at radius 1 is 1.33 bits per heavy atom. The molecule has 24 heavy (non-hydrogen) atoms. The van der Waals surface area contributed by atoms with Crippen LogP contribution in [0.1, 0.15) is 31.7 Å². The fourth-order valence-electron chi connectivity index (χ4n) is 3.10. The minimum absolute atomic E-state index is 0. The number of hydrogen-bond acceptors (Lipinski definition) is 3. The smallest absolute Gasteiger partial charge is 0.227 e. The zero-order valence-corrected chi connectivity index (χ0v) is 14.8. The number of benzene rings is 1. The van der Waals surface area contributed by atoms with E-state index >= 15 is 0 Å². The third kappa shape index (κ3) is 4.28. The molecular formula is C18H26ClN3O2. The number of amides is 2. The van der Waals surface area contributed by atoms with Crippen molar-refractivity contribution in [1.29, 1.82) is 0 Å². The lowest BCUT2D eigenvalue weighted by atomic mass is 10.1. The number of anilines is 1. The SMILES string of the molecule is CCc1ccc(N2CC(C(=O)NCC(N)C3CC3)CC2=O)cc1.Cl. The summed E-state index contributed by atoms with van der Waals surface area (Å²) in [6, 6.07) is 8.03. The molecule has 1 heterocycles. The van der Waals surface area contributed by atoms with Gasteiger partial charge in [-0.15, -0.1) is 12.4 Å². The van der Waals surface area contributed by atoms with Crippen molar-refractivity contribution in [3.8, 4) is 0 Å². The normalized spacial score (nSPS) is 21.3. The van der Waals surface area contributed by atoms with E-state index < -0.39 is 0 Å². The van der Waals surface area contributed by atoms with Crippen LogP contribution in [0.4, 0.5) is 5.69 Å². The lowest BCUT2D eigenvalue weighted by Crippen LogP contribution is -2.41. The van der Waals surface area contributed by atoms with E-state index in [1.54, 1.807) is 4.90 Å². The van der Waals surface area contributed by atoms with E-state index in [2.05, 4.69) is 12.2 Å². The van der Waals surface area contributed by atoms with Crippen molar-refractivity contribution >= 4 is 29.9 Å². The highest BCUT2D eigenvalue weighted by atomic mass is 35.5. The van der Waals surface area contributed by atoms with Crippen LogP contribution in [0.5, 0.6) is 0 Å². The average molecular weight is 352 g/mol. The molecule has 132 valence electrons. The summed E-state index contributed by atoms with van der Waals surface area (Å²) in [6.45, 7) is 3.07. The van der Waals surface area contributed by atoms with E-state index in [0.29, 0.717) is 19.0 Å². The van der Waals surface area contributed by atoms with Gasteiger partial charge < -0.3 is 16.0 Å². The highest BCUT2D eigenvalue weighted by Crippen LogP contribution is 2.31. The quantitative estimate of drug-likeness (QED) is 0.821. The molecule has 1 aliphatic heterocycles. The van der Waals surface area contributed by atoms with Crippen molar-refractivity contribution in [1.82, 2.24) is 5.32 Å². The maximum absolute atomic E-state index is 12.3. The summed E-state index contributed by atoms with van der Waals surface area (Å²) >= 11 is 0. The summed E-state index contributed by atoms with van der Waals surface area (Å²) in [7, 11) is 0. The molecular weight excluding hydrogens is 326 g/mol. The minimum Gasteiger partial charge on any atom is -0.354 e. The third-order valence-corrected chi connectivity index (χ3v) is 4.89. The fourth-order valence-corrected chi connectivity index (χ4v) is 3.10. The fraction of sp³-hybridized carbons (Fsp3) is 0.556. The molecule has 1 aromatic carbocycles. The Bertz CT molecular complexity index is 586. The van der Waals surface area contributed by atoms with Crippen molar-refractivity contribution in [3.05, 3.63) is 29.8 Å². The summed E-state index contributed by atoms with van der Waals surface area (Å²) in [5.74, 6) is 0.247. The second-order valence-corrected chi connectivity index (χ2v) is 6.67. The number of nitrogens with one attached hydrogen (secondary N) is 1. The van der Waals surface area contributed by atoms with Crippen LogP contribution in [0.3, 0.4) is 0 Å². The number of carbonyl (C=O) groups is 2. The van der Waals surface area contributed by atoms with Gasteiger partial charge in [-0.05, 0) is 42.9 Å². The van der Waals surface area contributed by atoms with Crippen LogP contribution in [-0.4, -0.2) is 30.9 Å². The largest absolute Gasteiger partial charge is 0.354 e. The van der Waals surface area contributed by atoms with E-state index in [9.17, 15) is 9.59 Å². The molecule has 5 nitrogen and oxygen atoms in total. The van der Waals surface area contributed by atoms with Crippen LogP contribution in [0.2, 0.25) is 0 Å². The first kappa shape index (κ1) is 18.7. The Morgan fingerprint density at radius 3 is 2.58 bits per heavy atom. The molecule has 3 N–H and O–H groups in total. The van der Waals surface area contributed by atoms with Crippen molar-refractivity contribution in [2.45, 2.75) is 38.6 Å². The Kier molecular flexibility index (Phi) is 6.24. The molecule has 2 aliphatic rings. The maximum Gasteiger partial charge on any atom is 0.227 e. The van der Waals surface area contributed by atoms with Crippen molar-refractivity contribution in [2.24, 2.45) is 17.6 Å².